The van der Waals surface area contributed by atoms with Gasteiger partial charge in [-0.3, -0.25) is 42.5 Å². The summed E-state index contributed by atoms with van der Waals surface area (Å²) in [6.07, 6.45) is -0.275. The molecule has 0 aliphatic carbocycles. The molecule has 0 spiro atoms. The molecule has 1 unspecified atom stereocenters. The SMILES string of the molecule is CC(C)(C)OP(=O)(OCN1C(=O)CCC(N2C(=O)c3ccc(F)cc3C2=O)C1=O)OC(C)(C)C. The zero-order valence-corrected chi connectivity index (χ0v) is 20.8. The van der Waals surface area contributed by atoms with Crippen LogP contribution in [0.2, 0.25) is 0 Å². The maximum Gasteiger partial charge on any atom is 0.477 e. The largest absolute Gasteiger partial charge is 0.477 e. The van der Waals surface area contributed by atoms with E-state index in [0.717, 1.165) is 17.0 Å². The molecule has 0 radical (unpaired) electrons. The van der Waals surface area contributed by atoms with Gasteiger partial charge >= 0.3 is 7.82 Å². The summed E-state index contributed by atoms with van der Waals surface area (Å²) < 4.78 is 43.2. The lowest BCUT2D eigenvalue weighted by molar-refractivity contribution is -0.156. The van der Waals surface area contributed by atoms with Gasteiger partial charge in [0.1, 0.15) is 18.6 Å². The number of nitrogens with zero attached hydrogens (tertiary/aromatic N) is 2. The maximum atomic E-state index is 13.6. The molecule has 3 rings (SSSR count). The molecule has 1 saturated heterocycles. The number of amides is 4. The van der Waals surface area contributed by atoms with Crippen LogP contribution in [-0.4, -0.2) is 57.4 Å². The van der Waals surface area contributed by atoms with Gasteiger partial charge in [0.25, 0.3) is 17.7 Å². The molecule has 2 aliphatic rings. The van der Waals surface area contributed by atoms with Crippen LogP contribution < -0.4 is 0 Å². The molecule has 1 atom stereocenters. The number of likely N-dealkylation sites (tertiary alicyclic amines) is 1. The van der Waals surface area contributed by atoms with E-state index >= 15 is 0 Å². The lowest BCUT2D eigenvalue weighted by Crippen LogP contribution is -2.56. The number of carbonyl (C=O) groups excluding carboxylic acids is 4. The van der Waals surface area contributed by atoms with Crippen LogP contribution in [0.1, 0.15) is 75.1 Å². The molecule has 1 fully saturated rings. The number of piperidine rings is 1. The van der Waals surface area contributed by atoms with Crippen molar-refractivity contribution >= 4 is 31.5 Å². The van der Waals surface area contributed by atoms with Crippen molar-refractivity contribution in [2.24, 2.45) is 0 Å². The molecule has 0 aromatic heterocycles. The summed E-state index contributed by atoms with van der Waals surface area (Å²) in [5.74, 6) is -3.81. The van der Waals surface area contributed by atoms with Crippen molar-refractivity contribution in [1.29, 1.82) is 0 Å². The van der Waals surface area contributed by atoms with Crippen molar-refractivity contribution in [1.82, 2.24) is 9.80 Å². The number of rotatable bonds is 6. The van der Waals surface area contributed by atoms with Gasteiger partial charge in [-0.15, -0.1) is 0 Å². The molecular formula is C22H28FN2O8P. The first kappa shape index (κ1) is 26.2. The Morgan fingerprint density at radius 1 is 0.971 bits per heavy atom. The average molecular weight is 498 g/mol. The summed E-state index contributed by atoms with van der Waals surface area (Å²) in [5, 5.41) is 0. The summed E-state index contributed by atoms with van der Waals surface area (Å²) in [5.41, 5.74) is -2.05. The fraction of sp³-hybridized carbons (Fsp3) is 0.545. The molecule has 4 amide bonds. The highest BCUT2D eigenvalue weighted by Gasteiger charge is 2.48. The van der Waals surface area contributed by atoms with Crippen LogP contribution in [-0.2, 0) is 27.7 Å². The van der Waals surface area contributed by atoms with Crippen molar-refractivity contribution in [2.75, 3.05) is 6.73 Å². The Kier molecular flexibility index (Phi) is 6.89. The Balaban J connectivity index is 1.82. The second-order valence-electron chi connectivity index (χ2n) is 10.00. The predicted molar refractivity (Wildman–Crippen MR) is 117 cm³/mol. The molecule has 12 heteroatoms. The van der Waals surface area contributed by atoms with Gasteiger partial charge < -0.3 is 0 Å². The highest BCUT2D eigenvalue weighted by Crippen LogP contribution is 2.55. The van der Waals surface area contributed by atoms with Gasteiger partial charge in [0.2, 0.25) is 5.91 Å². The lowest BCUT2D eigenvalue weighted by Gasteiger charge is -2.36. The lowest BCUT2D eigenvalue weighted by atomic mass is 10.0. The number of halogens is 1. The third-order valence-corrected chi connectivity index (χ3v) is 6.77. The number of imide groups is 2. The number of carbonyl (C=O) groups is 4. The van der Waals surface area contributed by atoms with E-state index in [-0.39, 0.29) is 24.0 Å². The molecule has 0 bridgehead atoms. The minimum atomic E-state index is -4.24. The van der Waals surface area contributed by atoms with E-state index in [4.69, 9.17) is 13.6 Å². The van der Waals surface area contributed by atoms with Gasteiger partial charge in [0.15, 0.2) is 0 Å². The van der Waals surface area contributed by atoms with Crippen molar-refractivity contribution in [2.45, 2.75) is 71.6 Å². The second kappa shape index (κ2) is 8.96. The van der Waals surface area contributed by atoms with E-state index in [1.54, 1.807) is 41.5 Å². The third-order valence-electron chi connectivity index (χ3n) is 4.79. The van der Waals surface area contributed by atoms with Crippen molar-refractivity contribution in [3.63, 3.8) is 0 Å². The monoisotopic (exact) mass is 498 g/mol. The quantitative estimate of drug-likeness (QED) is 0.431. The van der Waals surface area contributed by atoms with E-state index in [9.17, 15) is 28.1 Å². The number of fused-ring (bicyclic) bond motifs is 1. The highest BCUT2D eigenvalue weighted by atomic mass is 31.2. The summed E-state index contributed by atoms with van der Waals surface area (Å²) in [6.45, 7) is 9.03. The molecule has 0 N–H and O–H groups in total. The minimum absolute atomic E-state index is 0.0273. The molecule has 2 heterocycles. The Labute approximate surface area is 196 Å². The van der Waals surface area contributed by atoms with E-state index in [1.807, 2.05) is 0 Å². The number of hydrogen-bond acceptors (Lipinski definition) is 8. The van der Waals surface area contributed by atoms with Crippen LogP contribution in [0.4, 0.5) is 4.39 Å². The normalized spacial score (nSPS) is 19.8. The van der Waals surface area contributed by atoms with Crippen LogP contribution in [0.25, 0.3) is 0 Å². The Bertz CT molecular complexity index is 1070. The van der Waals surface area contributed by atoms with Crippen LogP contribution in [0.3, 0.4) is 0 Å². The van der Waals surface area contributed by atoms with Gasteiger partial charge in [0.05, 0.1) is 22.3 Å². The van der Waals surface area contributed by atoms with Gasteiger partial charge in [0, 0.05) is 6.42 Å². The zero-order valence-electron chi connectivity index (χ0n) is 19.9. The van der Waals surface area contributed by atoms with E-state index in [0.29, 0.717) is 4.90 Å². The Hall–Kier alpha value is -2.46. The zero-order chi connectivity index (χ0) is 25.6. The number of hydrogen-bond donors (Lipinski definition) is 0. The topological polar surface area (TPSA) is 120 Å². The summed E-state index contributed by atoms with van der Waals surface area (Å²) in [6, 6.07) is 1.85. The molecule has 34 heavy (non-hydrogen) atoms. The molecule has 1 aromatic rings. The fourth-order valence-corrected chi connectivity index (χ4v) is 5.32. The molecule has 2 aliphatic heterocycles. The van der Waals surface area contributed by atoms with Crippen molar-refractivity contribution in [3.05, 3.63) is 35.1 Å². The van der Waals surface area contributed by atoms with E-state index in [2.05, 4.69) is 0 Å². The summed E-state index contributed by atoms with van der Waals surface area (Å²) >= 11 is 0. The first-order valence-electron chi connectivity index (χ1n) is 10.7. The van der Waals surface area contributed by atoms with Crippen molar-refractivity contribution < 1.29 is 41.7 Å². The van der Waals surface area contributed by atoms with Crippen molar-refractivity contribution in [3.8, 4) is 0 Å². The Morgan fingerprint density at radius 2 is 1.53 bits per heavy atom. The Morgan fingerprint density at radius 3 is 2.09 bits per heavy atom. The fourth-order valence-electron chi connectivity index (χ4n) is 3.58. The van der Waals surface area contributed by atoms with Gasteiger partial charge in [-0.1, -0.05) is 0 Å². The van der Waals surface area contributed by atoms with E-state index in [1.165, 1.54) is 6.07 Å². The number of phosphoric acid groups is 1. The third kappa shape index (κ3) is 5.60. The molecule has 186 valence electrons. The van der Waals surface area contributed by atoms with Crippen LogP contribution in [0, 0.1) is 5.82 Å². The number of phosphoric ester groups is 1. The molecule has 10 nitrogen and oxygen atoms in total. The maximum absolute atomic E-state index is 13.6. The first-order valence-corrected chi connectivity index (χ1v) is 12.2. The summed E-state index contributed by atoms with van der Waals surface area (Å²) in [4.78, 5) is 52.6. The van der Waals surface area contributed by atoms with E-state index < -0.39 is 61.2 Å². The second-order valence-corrected chi connectivity index (χ2v) is 11.5. The van der Waals surface area contributed by atoms with Gasteiger partial charge in [-0.2, -0.15) is 0 Å². The first-order chi connectivity index (χ1) is 15.5. The minimum Gasteiger partial charge on any atom is -0.281 e. The average Bonchev–Trinajstić information content (AvgIpc) is 2.89. The van der Waals surface area contributed by atoms with Gasteiger partial charge in [-0.25, -0.2) is 8.96 Å². The smallest absolute Gasteiger partial charge is 0.281 e. The predicted octanol–water partition coefficient (Wildman–Crippen LogP) is 3.65. The molecular weight excluding hydrogens is 470 g/mol. The van der Waals surface area contributed by atoms with Gasteiger partial charge in [-0.05, 0) is 66.2 Å². The highest BCUT2D eigenvalue weighted by molar-refractivity contribution is 7.48. The van der Waals surface area contributed by atoms with Crippen LogP contribution in [0.5, 0.6) is 0 Å². The van der Waals surface area contributed by atoms with Crippen LogP contribution >= 0.6 is 7.82 Å². The molecule has 0 saturated carbocycles. The standard InChI is InChI=1S/C22H28FN2O8P/c1-21(2,3)32-34(30,33-22(4,5)6)31-12-24-17(26)10-9-16(20(24)29)25-18(27)14-8-7-13(23)11-15(14)19(25)28/h7-8,11,16H,9-10,12H2,1-6H3. The number of benzene rings is 1. The summed E-state index contributed by atoms with van der Waals surface area (Å²) in [7, 11) is -4.24. The molecule has 1 aromatic carbocycles. The van der Waals surface area contributed by atoms with Crippen LogP contribution in [0.15, 0.2) is 18.2 Å².